The number of rotatable bonds is 10. The molecule has 0 radical (unpaired) electrons. The molecule has 0 spiro atoms. The van der Waals surface area contributed by atoms with E-state index < -0.39 is 24.3 Å². The molecule has 0 N–H and O–H groups in total. The maximum atomic E-state index is 13.0. The summed E-state index contributed by atoms with van der Waals surface area (Å²) in [6.45, 7) is 2.45. The lowest BCUT2D eigenvalue weighted by Gasteiger charge is -2.28. The van der Waals surface area contributed by atoms with Crippen molar-refractivity contribution in [1.29, 1.82) is 0 Å². The molecule has 0 amide bonds. The first-order valence-corrected chi connectivity index (χ1v) is 13.1. The van der Waals surface area contributed by atoms with Crippen LogP contribution in [0.15, 0.2) is 24.3 Å². The molecule has 0 saturated heterocycles. The molecule has 1 aromatic rings. The molecule has 0 aliphatic heterocycles. The van der Waals surface area contributed by atoms with Gasteiger partial charge in [-0.1, -0.05) is 24.3 Å². The summed E-state index contributed by atoms with van der Waals surface area (Å²) in [7, 11) is 0. The zero-order chi connectivity index (χ0) is 24.5. The monoisotopic (exact) mass is 478 g/mol. The Morgan fingerprint density at radius 3 is 1.32 bits per heavy atom. The van der Waals surface area contributed by atoms with E-state index >= 15 is 0 Å². The van der Waals surface area contributed by atoms with E-state index in [4.69, 9.17) is 9.47 Å². The highest BCUT2D eigenvalue weighted by atomic mass is 19.1. The number of carbonyl (C=O) groups is 2. The number of benzene rings is 1. The number of carbonyl (C=O) groups excluding carboxylic acids is 2. The number of aryl methyl sites for hydroxylation is 2. The molecule has 4 nitrogen and oxygen atoms in total. The van der Waals surface area contributed by atoms with Crippen LogP contribution in [0.1, 0.15) is 89.2 Å². The quantitative estimate of drug-likeness (QED) is 0.362. The van der Waals surface area contributed by atoms with Gasteiger partial charge in [0.1, 0.15) is 12.2 Å². The summed E-state index contributed by atoms with van der Waals surface area (Å²) < 4.78 is 36.4. The summed E-state index contributed by atoms with van der Waals surface area (Å²) in [6.07, 6.45) is 8.52. The van der Waals surface area contributed by atoms with Gasteiger partial charge in [0.05, 0.1) is 0 Å². The highest BCUT2D eigenvalue weighted by Gasteiger charge is 2.26. The van der Waals surface area contributed by atoms with Crippen molar-refractivity contribution in [3.8, 4) is 0 Å². The molecule has 0 aromatic heterocycles. The third kappa shape index (κ3) is 8.66. The van der Waals surface area contributed by atoms with Crippen LogP contribution < -0.4 is 0 Å². The lowest BCUT2D eigenvalue weighted by molar-refractivity contribution is -0.157. The minimum absolute atomic E-state index is 0.120. The van der Waals surface area contributed by atoms with Gasteiger partial charge in [0.15, 0.2) is 12.3 Å². The Hall–Kier alpha value is -1.98. The smallest absolute Gasteiger partial charge is 0.340 e. The van der Waals surface area contributed by atoms with E-state index in [0.29, 0.717) is 11.8 Å². The molecule has 2 aliphatic rings. The normalized spacial score (nSPS) is 26.9. The fraction of sp³-hybridized carbons (Fsp3) is 0.714. The first-order valence-electron chi connectivity index (χ1n) is 13.1. The highest BCUT2D eigenvalue weighted by Crippen LogP contribution is 2.31. The molecule has 0 bridgehead atoms. The van der Waals surface area contributed by atoms with E-state index in [2.05, 4.69) is 24.3 Å². The van der Waals surface area contributed by atoms with E-state index in [-0.39, 0.29) is 12.2 Å². The maximum absolute atomic E-state index is 13.0. The van der Waals surface area contributed by atoms with Gasteiger partial charge in [-0.15, -0.1) is 0 Å². The number of alkyl halides is 2. The zero-order valence-electron chi connectivity index (χ0n) is 20.6. The van der Waals surface area contributed by atoms with Crippen LogP contribution in [0, 0.1) is 11.8 Å². The summed E-state index contributed by atoms with van der Waals surface area (Å²) in [6, 6.07) is 8.94. The lowest BCUT2D eigenvalue weighted by Crippen LogP contribution is -2.27. The summed E-state index contributed by atoms with van der Waals surface area (Å²) in [4.78, 5) is 22.8. The van der Waals surface area contributed by atoms with Gasteiger partial charge in [0.25, 0.3) is 0 Å². The molecule has 2 fully saturated rings. The lowest BCUT2D eigenvalue weighted by atomic mass is 9.83. The zero-order valence-corrected chi connectivity index (χ0v) is 20.6. The molecule has 0 unspecified atom stereocenters. The van der Waals surface area contributed by atoms with Crippen LogP contribution >= 0.6 is 0 Å². The second kappa shape index (κ2) is 13.2. The van der Waals surface area contributed by atoms with Crippen LogP contribution in [0.5, 0.6) is 0 Å². The average Bonchev–Trinajstić information content (AvgIpc) is 2.83. The van der Waals surface area contributed by atoms with Crippen molar-refractivity contribution in [3.05, 3.63) is 35.4 Å². The van der Waals surface area contributed by atoms with Crippen LogP contribution in [-0.2, 0) is 31.9 Å². The molecule has 6 heteroatoms. The van der Waals surface area contributed by atoms with Gasteiger partial charge in [-0.3, -0.25) is 0 Å². The third-order valence-electron chi connectivity index (χ3n) is 7.51. The van der Waals surface area contributed by atoms with Crippen molar-refractivity contribution in [2.45, 2.75) is 115 Å². The van der Waals surface area contributed by atoms with Gasteiger partial charge < -0.3 is 9.47 Å². The predicted molar refractivity (Wildman–Crippen MR) is 128 cm³/mol. The Kier molecular flexibility index (Phi) is 10.3. The van der Waals surface area contributed by atoms with E-state index in [1.165, 1.54) is 25.0 Å². The van der Waals surface area contributed by atoms with E-state index in [9.17, 15) is 18.4 Å². The summed E-state index contributed by atoms with van der Waals surface area (Å²) >= 11 is 0. The predicted octanol–water partition coefficient (Wildman–Crippen LogP) is 6.47. The highest BCUT2D eigenvalue weighted by molar-refractivity contribution is 5.74. The Labute approximate surface area is 202 Å². The number of hydrogen-bond donors (Lipinski definition) is 0. The number of halogens is 2. The molecule has 34 heavy (non-hydrogen) atoms. The molecular weight excluding hydrogens is 438 g/mol. The third-order valence-corrected chi connectivity index (χ3v) is 7.51. The Bertz CT molecular complexity index is 696. The average molecular weight is 479 g/mol. The molecule has 190 valence electrons. The molecule has 3 rings (SSSR count). The standard InChI is InChI=1S/C28H40F2O4/c1-19(29)27(31)33-25-15-11-23(12-16-25)9-7-21-3-5-22(6-4-21)8-10-24-13-17-26(18-14-24)34-28(32)20(2)30/h3-6,19-20,23-26H,7-18H2,1-2H3/t19-,20-,23-,24-,25-,26-/m1/s1. The minimum atomic E-state index is -1.54. The van der Waals surface area contributed by atoms with Gasteiger partial charge in [-0.05, 0) is 114 Å². The Balaban J connectivity index is 1.30. The van der Waals surface area contributed by atoms with Crippen LogP contribution in [0.4, 0.5) is 8.78 Å². The van der Waals surface area contributed by atoms with Gasteiger partial charge in [-0.25, -0.2) is 18.4 Å². The molecule has 0 heterocycles. The second-order valence-corrected chi connectivity index (χ2v) is 10.3. The van der Waals surface area contributed by atoms with Crippen molar-refractivity contribution in [2.75, 3.05) is 0 Å². The topological polar surface area (TPSA) is 52.6 Å². The molecule has 2 atom stereocenters. The van der Waals surface area contributed by atoms with E-state index in [1.807, 2.05) is 0 Å². The number of hydrogen-bond acceptors (Lipinski definition) is 4. The minimum Gasteiger partial charge on any atom is -0.460 e. The second-order valence-electron chi connectivity index (χ2n) is 10.3. The summed E-state index contributed by atoms with van der Waals surface area (Å²) in [5, 5.41) is 0. The largest absolute Gasteiger partial charge is 0.460 e. The fourth-order valence-corrected chi connectivity index (χ4v) is 5.21. The maximum Gasteiger partial charge on any atom is 0.340 e. The SMILES string of the molecule is C[C@@H](F)C(=O)O[C@H]1CC[C@H](CCc2ccc(CC[C@H]3CC[C@H](OC(=O)[C@@H](C)F)CC3)cc2)CC1. The molecule has 1 aromatic carbocycles. The molecule has 2 aliphatic carbocycles. The van der Waals surface area contributed by atoms with Crippen molar-refractivity contribution >= 4 is 11.9 Å². The first kappa shape index (κ1) is 26.6. The van der Waals surface area contributed by atoms with Crippen LogP contribution in [-0.4, -0.2) is 36.5 Å². The van der Waals surface area contributed by atoms with Crippen molar-refractivity contribution in [2.24, 2.45) is 11.8 Å². The number of esters is 2. The Morgan fingerprint density at radius 1 is 0.706 bits per heavy atom. The summed E-state index contributed by atoms with van der Waals surface area (Å²) in [5.74, 6) is -0.185. The Morgan fingerprint density at radius 2 is 1.03 bits per heavy atom. The van der Waals surface area contributed by atoms with Gasteiger partial charge >= 0.3 is 11.9 Å². The van der Waals surface area contributed by atoms with Gasteiger partial charge in [-0.2, -0.15) is 0 Å². The van der Waals surface area contributed by atoms with Crippen LogP contribution in [0.2, 0.25) is 0 Å². The van der Waals surface area contributed by atoms with Gasteiger partial charge in [0.2, 0.25) is 0 Å². The number of ether oxygens (including phenoxy) is 2. The molecule has 2 saturated carbocycles. The first-order chi connectivity index (χ1) is 16.3. The van der Waals surface area contributed by atoms with E-state index in [0.717, 1.165) is 77.0 Å². The van der Waals surface area contributed by atoms with Crippen LogP contribution in [0.25, 0.3) is 0 Å². The summed E-state index contributed by atoms with van der Waals surface area (Å²) in [5.41, 5.74) is 2.71. The van der Waals surface area contributed by atoms with Gasteiger partial charge in [0, 0.05) is 0 Å². The molecular formula is C28H40F2O4. The van der Waals surface area contributed by atoms with Crippen molar-refractivity contribution < 1.29 is 27.8 Å². The fourth-order valence-electron chi connectivity index (χ4n) is 5.21. The van der Waals surface area contributed by atoms with Crippen LogP contribution in [0.3, 0.4) is 0 Å². The van der Waals surface area contributed by atoms with Crippen molar-refractivity contribution in [1.82, 2.24) is 0 Å². The van der Waals surface area contributed by atoms with Crippen molar-refractivity contribution in [3.63, 3.8) is 0 Å². The van der Waals surface area contributed by atoms with E-state index in [1.54, 1.807) is 0 Å².